The van der Waals surface area contributed by atoms with E-state index >= 15 is 0 Å². The van der Waals surface area contributed by atoms with Gasteiger partial charge in [0.05, 0.1) is 12.1 Å². The Balaban J connectivity index is 2.02. The Morgan fingerprint density at radius 3 is 2.44 bits per heavy atom. The summed E-state index contributed by atoms with van der Waals surface area (Å²) in [5, 5.41) is 11.0. The molecule has 0 aliphatic carbocycles. The fourth-order valence-corrected chi connectivity index (χ4v) is 3.48. The Labute approximate surface area is 153 Å². The van der Waals surface area contributed by atoms with Crippen molar-refractivity contribution in [1.29, 1.82) is 0 Å². The third-order valence-electron chi connectivity index (χ3n) is 4.73. The molecule has 0 saturated carbocycles. The molecule has 4 rings (SSSR count). The number of rotatable bonds is 4. The first-order valence-electron chi connectivity index (χ1n) is 8.38. The van der Waals surface area contributed by atoms with Crippen LogP contribution in [-0.2, 0) is 13.2 Å². The highest BCUT2D eigenvalue weighted by atomic mass is 19.2. The summed E-state index contributed by atoms with van der Waals surface area (Å²) in [5.41, 5.74) is 8.74. The van der Waals surface area contributed by atoms with Crippen molar-refractivity contribution in [2.45, 2.75) is 13.2 Å². The molecule has 3 N–H and O–H groups in total. The van der Waals surface area contributed by atoms with Crippen LogP contribution in [0.1, 0.15) is 21.5 Å². The average molecular weight is 366 g/mol. The second kappa shape index (κ2) is 6.48. The zero-order valence-corrected chi connectivity index (χ0v) is 14.2. The van der Waals surface area contributed by atoms with E-state index in [1.807, 2.05) is 22.8 Å². The summed E-state index contributed by atoms with van der Waals surface area (Å²) in [6.07, 6.45) is 0. The van der Waals surface area contributed by atoms with Gasteiger partial charge in [-0.15, -0.1) is 0 Å². The molecule has 0 unspecified atom stereocenters. The highest BCUT2D eigenvalue weighted by Crippen LogP contribution is 2.33. The molecule has 0 fully saturated rings. The topological polar surface area (TPSA) is 68.2 Å². The Morgan fingerprint density at radius 1 is 0.963 bits per heavy atom. The van der Waals surface area contributed by atoms with Gasteiger partial charge in [0.15, 0.2) is 11.6 Å². The van der Waals surface area contributed by atoms with Crippen molar-refractivity contribution in [3.63, 3.8) is 0 Å². The van der Waals surface area contributed by atoms with E-state index in [1.165, 1.54) is 6.07 Å². The van der Waals surface area contributed by atoms with Gasteiger partial charge in [-0.25, -0.2) is 8.78 Å². The van der Waals surface area contributed by atoms with Crippen LogP contribution in [-0.4, -0.2) is 15.6 Å². The molecule has 0 atom stereocenters. The van der Waals surface area contributed by atoms with Crippen LogP contribution in [0.3, 0.4) is 0 Å². The fourth-order valence-electron chi connectivity index (χ4n) is 3.48. The highest BCUT2D eigenvalue weighted by Gasteiger charge is 2.17. The van der Waals surface area contributed by atoms with Crippen LogP contribution in [0.2, 0.25) is 0 Å². The van der Waals surface area contributed by atoms with Crippen LogP contribution < -0.4 is 5.73 Å². The van der Waals surface area contributed by atoms with E-state index in [0.717, 1.165) is 28.6 Å². The second-order valence-electron chi connectivity index (χ2n) is 6.41. The van der Waals surface area contributed by atoms with Crippen molar-refractivity contribution in [3.05, 3.63) is 82.9 Å². The van der Waals surface area contributed by atoms with Crippen LogP contribution in [0.4, 0.5) is 8.78 Å². The molecule has 0 bridgehead atoms. The molecule has 3 aromatic carbocycles. The smallest absolute Gasteiger partial charge is 0.249 e. The van der Waals surface area contributed by atoms with Gasteiger partial charge in [0.2, 0.25) is 5.91 Å². The molecule has 1 heterocycles. The van der Waals surface area contributed by atoms with Gasteiger partial charge in [0.25, 0.3) is 0 Å². The monoisotopic (exact) mass is 366 g/mol. The molecule has 4 aromatic rings. The number of halogens is 2. The molecule has 6 heteroatoms. The third-order valence-corrected chi connectivity index (χ3v) is 4.73. The number of aliphatic hydroxyl groups excluding tert-OH is 1. The maximum atomic E-state index is 13.6. The molecule has 27 heavy (non-hydrogen) atoms. The second-order valence-corrected chi connectivity index (χ2v) is 6.41. The number of carbonyl (C=O) groups excluding carboxylic acids is 1. The van der Waals surface area contributed by atoms with Crippen molar-refractivity contribution >= 4 is 27.7 Å². The van der Waals surface area contributed by atoms with Gasteiger partial charge in [0.1, 0.15) is 0 Å². The van der Waals surface area contributed by atoms with Crippen LogP contribution >= 0.6 is 0 Å². The molecule has 4 nitrogen and oxygen atoms in total. The van der Waals surface area contributed by atoms with Crippen molar-refractivity contribution in [2.24, 2.45) is 5.73 Å². The SMILES string of the molecule is NC(=O)c1cccc2c1c1ccc(CO)cc1n2Cc1ccc(F)c(F)c1. The molecule has 136 valence electrons. The Hall–Kier alpha value is -3.25. The van der Waals surface area contributed by atoms with Crippen molar-refractivity contribution in [3.8, 4) is 0 Å². The number of carbonyl (C=O) groups is 1. The lowest BCUT2D eigenvalue weighted by atomic mass is 10.0. The highest BCUT2D eigenvalue weighted by molar-refractivity contribution is 6.17. The van der Waals surface area contributed by atoms with Crippen LogP contribution in [0.5, 0.6) is 0 Å². The number of fused-ring (bicyclic) bond motifs is 3. The van der Waals surface area contributed by atoms with Gasteiger partial charge >= 0.3 is 0 Å². The van der Waals surface area contributed by atoms with E-state index in [2.05, 4.69) is 0 Å². The van der Waals surface area contributed by atoms with Gasteiger partial charge in [-0.05, 0) is 41.5 Å². The summed E-state index contributed by atoms with van der Waals surface area (Å²) in [7, 11) is 0. The fraction of sp³-hybridized carbons (Fsp3) is 0.0952. The molecule has 1 aromatic heterocycles. The quantitative estimate of drug-likeness (QED) is 0.578. The maximum Gasteiger partial charge on any atom is 0.249 e. The molecule has 0 saturated heterocycles. The first-order chi connectivity index (χ1) is 13.0. The van der Waals surface area contributed by atoms with Crippen LogP contribution in [0.25, 0.3) is 21.8 Å². The summed E-state index contributed by atoms with van der Waals surface area (Å²) >= 11 is 0. The lowest BCUT2D eigenvalue weighted by Crippen LogP contribution is -2.11. The van der Waals surface area contributed by atoms with Crippen molar-refractivity contribution < 1.29 is 18.7 Å². The predicted molar refractivity (Wildman–Crippen MR) is 99.3 cm³/mol. The minimum absolute atomic E-state index is 0.134. The van der Waals surface area contributed by atoms with E-state index in [-0.39, 0.29) is 13.2 Å². The van der Waals surface area contributed by atoms with E-state index in [9.17, 15) is 18.7 Å². The predicted octanol–water partition coefficient (Wildman–Crippen LogP) is 3.71. The summed E-state index contributed by atoms with van der Waals surface area (Å²) in [6, 6.07) is 14.4. The molecule has 0 spiro atoms. The van der Waals surface area contributed by atoms with Gasteiger partial charge in [-0.2, -0.15) is 0 Å². The minimum Gasteiger partial charge on any atom is -0.392 e. The first-order valence-corrected chi connectivity index (χ1v) is 8.38. The average Bonchev–Trinajstić information content (AvgIpc) is 2.97. The Bertz CT molecular complexity index is 1200. The number of amides is 1. The van der Waals surface area contributed by atoms with Crippen LogP contribution in [0, 0.1) is 11.6 Å². The van der Waals surface area contributed by atoms with Gasteiger partial charge in [0, 0.05) is 28.4 Å². The number of nitrogens with two attached hydrogens (primary N) is 1. The number of primary amides is 1. The molecular formula is C21H16F2N2O2. The first kappa shape index (κ1) is 17.2. The summed E-state index contributed by atoms with van der Waals surface area (Å²) in [4.78, 5) is 11.9. The summed E-state index contributed by atoms with van der Waals surface area (Å²) in [5.74, 6) is -2.36. The van der Waals surface area contributed by atoms with Gasteiger partial charge in [-0.1, -0.05) is 24.3 Å². The van der Waals surface area contributed by atoms with Crippen molar-refractivity contribution in [2.75, 3.05) is 0 Å². The number of nitrogens with zero attached hydrogens (tertiary/aromatic N) is 1. The maximum absolute atomic E-state index is 13.6. The normalized spacial score (nSPS) is 11.4. The number of benzene rings is 3. The van der Waals surface area contributed by atoms with Crippen molar-refractivity contribution in [1.82, 2.24) is 4.57 Å². The molecule has 0 aliphatic heterocycles. The Morgan fingerprint density at radius 2 is 1.74 bits per heavy atom. The lowest BCUT2D eigenvalue weighted by Gasteiger charge is -2.09. The number of aliphatic hydroxyl groups is 1. The van der Waals surface area contributed by atoms with E-state index < -0.39 is 17.5 Å². The molecule has 0 aliphatic rings. The number of hydrogen-bond acceptors (Lipinski definition) is 2. The van der Waals surface area contributed by atoms with Gasteiger partial charge < -0.3 is 15.4 Å². The van der Waals surface area contributed by atoms with Gasteiger partial charge in [-0.3, -0.25) is 4.79 Å². The zero-order valence-electron chi connectivity index (χ0n) is 14.2. The standard InChI is InChI=1S/C21H16F2N2O2/c22-16-7-5-12(8-17(16)23)10-25-18-3-1-2-15(21(24)27)20(18)14-6-4-13(11-26)9-19(14)25/h1-9,26H,10-11H2,(H2,24,27). The Kier molecular flexibility index (Phi) is 4.12. The van der Waals surface area contributed by atoms with Crippen LogP contribution in [0.15, 0.2) is 54.6 Å². The third kappa shape index (κ3) is 2.84. The summed E-state index contributed by atoms with van der Waals surface area (Å²) in [6.45, 7) is 0.139. The molecule has 1 amide bonds. The molecule has 0 radical (unpaired) electrons. The van der Waals surface area contributed by atoms with E-state index in [1.54, 1.807) is 18.2 Å². The van der Waals surface area contributed by atoms with E-state index in [0.29, 0.717) is 22.1 Å². The number of aromatic nitrogens is 1. The molecular weight excluding hydrogens is 350 g/mol. The minimum atomic E-state index is -0.915. The number of hydrogen-bond donors (Lipinski definition) is 2. The summed E-state index contributed by atoms with van der Waals surface area (Å²) < 4.78 is 28.8. The zero-order chi connectivity index (χ0) is 19.1. The van der Waals surface area contributed by atoms with E-state index in [4.69, 9.17) is 5.73 Å². The largest absolute Gasteiger partial charge is 0.392 e. The lowest BCUT2D eigenvalue weighted by molar-refractivity contribution is 0.100.